The molecule has 0 saturated carbocycles. The van der Waals surface area contributed by atoms with Gasteiger partial charge in [0, 0.05) is 18.0 Å². The number of benzene rings is 1. The molecule has 0 saturated heterocycles. The number of para-hydroxylation sites is 1. The average molecular weight is 515 g/mol. The van der Waals surface area contributed by atoms with Crippen LogP contribution >= 0.6 is 0 Å². The van der Waals surface area contributed by atoms with Gasteiger partial charge in [0.25, 0.3) is 0 Å². The standard InChI is InChI=1S/C23H23FN6O5S/c1-14(21(31)22-26-11-16(24)12-27-22)36(32,33)13-19-28-29-23(15-6-5-9-25-10-15)30(19)20-17(34-2)7-4-8-18(20)35-3/h4-12,14,21,31H,13H2,1-3H3/t14-,21-/m0/s1. The largest absolute Gasteiger partial charge is 0.494 e. The van der Waals surface area contributed by atoms with Crippen molar-refractivity contribution in [1.82, 2.24) is 29.7 Å². The lowest BCUT2D eigenvalue weighted by atomic mass is 10.2. The van der Waals surface area contributed by atoms with Crippen LogP contribution in [0.25, 0.3) is 17.1 Å². The number of aromatic nitrogens is 6. The highest BCUT2D eigenvalue weighted by atomic mass is 32.2. The molecular formula is C23H23FN6O5S. The summed E-state index contributed by atoms with van der Waals surface area (Å²) in [7, 11) is -1.10. The second-order valence-electron chi connectivity index (χ2n) is 7.74. The van der Waals surface area contributed by atoms with E-state index in [1.807, 2.05) is 0 Å². The van der Waals surface area contributed by atoms with Gasteiger partial charge in [-0.1, -0.05) is 6.07 Å². The minimum absolute atomic E-state index is 0.0516. The molecule has 0 radical (unpaired) electrons. The first-order valence-electron chi connectivity index (χ1n) is 10.7. The summed E-state index contributed by atoms with van der Waals surface area (Å²) in [5, 5.41) is 17.7. The molecule has 0 aliphatic rings. The van der Waals surface area contributed by atoms with Gasteiger partial charge in [-0.15, -0.1) is 10.2 Å². The summed E-state index contributed by atoms with van der Waals surface area (Å²) in [6, 6.07) is 8.59. The number of methoxy groups -OCH3 is 2. The SMILES string of the molecule is COc1cccc(OC)c1-n1c(CS(=O)(=O)[C@@H](C)[C@H](O)c2ncc(F)cn2)nnc1-c1cccnc1. The second-order valence-corrected chi connectivity index (χ2v) is 10.1. The fourth-order valence-corrected chi connectivity index (χ4v) is 4.90. The van der Waals surface area contributed by atoms with E-state index in [1.54, 1.807) is 42.7 Å². The van der Waals surface area contributed by atoms with Gasteiger partial charge in [0.2, 0.25) is 0 Å². The van der Waals surface area contributed by atoms with Crippen molar-refractivity contribution >= 4 is 9.84 Å². The first kappa shape index (κ1) is 25.1. The maximum atomic E-state index is 13.4. The smallest absolute Gasteiger partial charge is 0.170 e. The summed E-state index contributed by atoms with van der Waals surface area (Å²) in [5.41, 5.74) is 0.973. The van der Waals surface area contributed by atoms with Gasteiger partial charge in [0.15, 0.2) is 33.1 Å². The molecule has 0 aliphatic carbocycles. The normalized spacial score (nSPS) is 13.2. The number of aliphatic hydroxyl groups excluding tert-OH is 1. The van der Waals surface area contributed by atoms with Gasteiger partial charge in [0.05, 0.1) is 31.9 Å². The van der Waals surface area contributed by atoms with Crippen molar-refractivity contribution in [2.45, 2.75) is 24.0 Å². The third-order valence-corrected chi connectivity index (χ3v) is 7.57. The van der Waals surface area contributed by atoms with Crippen molar-refractivity contribution in [3.63, 3.8) is 0 Å². The molecule has 0 unspecified atom stereocenters. The summed E-state index contributed by atoms with van der Waals surface area (Å²) in [6.45, 7) is 1.32. The highest BCUT2D eigenvalue weighted by Gasteiger charge is 2.34. The Kier molecular flexibility index (Phi) is 7.22. The maximum absolute atomic E-state index is 13.4. The van der Waals surface area contributed by atoms with E-state index in [9.17, 15) is 17.9 Å². The van der Waals surface area contributed by atoms with Crippen LogP contribution in [0.1, 0.15) is 24.7 Å². The number of pyridine rings is 1. The molecule has 11 nitrogen and oxygen atoms in total. The number of ether oxygens (including phenoxy) is 2. The number of hydrogen-bond donors (Lipinski definition) is 1. The van der Waals surface area contributed by atoms with E-state index >= 15 is 0 Å². The minimum atomic E-state index is -4.05. The highest BCUT2D eigenvalue weighted by Crippen LogP contribution is 2.37. The topological polar surface area (TPSA) is 142 Å². The summed E-state index contributed by atoms with van der Waals surface area (Å²) in [6.07, 6.45) is 3.29. The average Bonchev–Trinajstić information content (AvgIpc) is 3.30. The van der Waals surface area contributed by atoms with E-state index in [2.05, 4.69) is 25.1 Å². The number of rotatable bonds is 9. The molecule has 2 atom stereocenters. The fourth-order valence-electron chi connectivity index (χ4n) is 3.57. The van der Waals surface area contributed by atoms with Crippen LogP contribution in [0.5, 0.6) is 11.5 Å². The number of hydrogen-bond acceptors (Lipinski definition) is 10. The van der Waals surface area contributed by atoms with Crippen molar-refractivity contribution < 1.29 is 27.4 Å². The first-order valence-corrected chi connectivity index (χ1v) is 12.4. The predicted octanol–water partition coefficient (Wildman–Crippen LogP) is 2.31. The Hall–Kier alpha value is -3.97. The van der Waals surface area contributed by atoms with E-state index < -0.39 is 32.8 Å². The number of aliphatic hydroxyl groups is 1. The summed E-state index contributed by atoms with van der Waals surface area (Å²) >= 11 is 0. The minimum Gasteiger partial charge on any atom is -0.494 e. The lowest BCUT2D eigenvalue weighted by Crippen LogP contribution is -2.29. The van der Waals surface area contributed by atoms with Crippen LogP contribution in [0.2, 0.25) is 0 Å². The molecule has 1 N–H and O–H groups in total. The Morgan fingerprint density at radius 2 is 1.69 bits per heavy atom. The monoisotopic (exact) mass is 514 g/mol. The van der Waals surface area contributed by atoms with E-state index in [1.165, 1.54) is 25.7 Å². The zero-order chi connectivity index (χ0) is 25.9. The third-order valence-electron chi connectivity index (χ3n) is 5.52. The zero-order valence-corrected chi connectivity index (χ0v) is 20.4. The highest BCUT2D eigenvalue weighted by molar-refractivity contribution is 7.91. The second kappa shape index (κ2) is 10.3. The fraction of sp³-hybridized carbons (Fsp3) is 0.261. The quantitative estimate of drug-likeness (QED) is 0.353. The summed E-state index contributed by atoms with van der Waals surface area (Å²) in [5.74, 6) is -0.362. The van der Waals surface area contributed by atoms with Crippen molar-refractivity contribution in [2.75, 3.05) is 14.2 Å². The van der Waals surface area contributed by atoms with E-state index in [-0.39, 0.29) is 11.6 Å². The van der Waals surface area contributed by atoms with E-state index in [0.29, 0.717) is 28.6 Å². The van der Waals surface area contributed by atoms with Gasteiger partial charge in [-0.3, -0.25) is 9.55 Å². The van der Waals surface area contributed by atoms with Crippen LogP contribution < -0.4 is 9.47 Å². The number of nitrogens with zero attached hydrogens (tertiary/aromatic N) is 6. The lowest BCUT2D eigenvalue weighted by Gasteiger charge is -2.20. The summed E-state index contributed by atoms with van der Waals surface area (Å²) in [4.78, 5) is 11.5. The van der Waals surface area contributed by atoms with Crippen LogP contribution in [0.15, 0.2) is 55.1 Å². The molecule has 36 heavy (non-hydrogen) atoms. The number of halogens is 1. The van der Waals surface area contributed by atoms with Crippen LogP contribution in [0, 0.1) is 5.82 Å². The Morgan fingerprint density at radius 1 is 1.03 bits per heavy atom. The van der Waals surface area contributed by atoms with Crippen molar-refractivity contribution in [2.24, 2.45) is 0 Å². The Balaban J connectivity index is 1.81. The van der Waals surface area contributed by atoms with Gasteiger partial charge >= 0.3 is 0 Å². The third kappa shape index (κ3) is 4.88. The van der Waals surface area contributed by atoms with Crippen LogP contribution in [-0.4, -0.2) is 62.7 Å². The Labute approximate surface area is 206 Å². The van der Waals surface area contributed by atoms with Gasteiger partial charge in [-0.2, -0.15) is 0 Å². The first-order chi connectivity index (χ1) is 17.3. The predicted molar refractivity (Wildman–Crippen MR) is 127 cm³/mol. The molecular weight excluding hydrogens is 491 g/mol. The van der Waals surface area contributed by atoms with Crippen LogP contribution in [-0.2, 0) is 15.6 Å². The van der Waals surface area contributed by atoms with Crippen molar-refractivity contribution in [1.29, 1.82) is 0 Å². The molecule has 0 aliphatic heterocycles. The van der Waals surface area contributed by atoms with Crippen molar-refractivity contribution in [3.8, 4) is 28.6 Å². The van der Waals surface area contributed by atoms with E-state index in [4.69, 9.17) is 9.47 Å². The molecule has 0 fully saturated rings. The van der Waals surface area contributed by atoms with Gasteiger partial charge in [-0.25, -0.2) is 22.8 Å². The molecule has 13 heteroatoms. The van der Waals surface area contributed by atoms with E-state index in [0.717, 1.165) is 12.4 Å². The molecule has 3 aromatic heterocycles. The van der Waals surface area contributed by atoms with Crippen LogP contribution in [0.3, 0.4) is 0 Å². The Morgan fingerprint density at radius 3 is 2.28 bits per heavy atom. The maximum Gasteiger partial charge on any atom is 0.170 e. The van der Waals surface area contributed by atoms with Crippen LogP contribution in [0.4, 0.5) is 4.39 Å². The number of sulfone groups is 1. The molecule has 0 bridgehead atoms. The molecule has 3 heterocycles. The van der Waals surface area contributed by atoms with Gasteiger partial charge < -0.3 is 14.6 Å². The Bertz CT molecular complexity index is 1430. The molecule has 4 aromatic rings. The molecule has 0 amide bonds. The molecule has 1 aromatic carbocycles. The molecule has 188 valence electrons. The van der Waals surface area contributed by atoms with Gasteiger partial charge in [0.1, 0.15) is 29.0 Å². The molecule has 0 spiro atoms. The van der Waals surface area contributed by atoms with Crippen molar-refractivity contribution in [3.05, 3.63) is 72.6 Å². The zero-order valence-electron chi connectivity index (χ0n) is 19.6. The molecule has 4 rings (SSSR count). The summed E-state index contributed by atoms with van der Waals surface area (Å²) < 4.78 is 52.5. The van der Waals surface area contributed by atoms with Gasteiger partial charge in [-0.05, 0) is 31.2 Å². The lowest BCUT2D eigenvalue weighted by molar-refractivity contribution is 0.165.